The first-order chi connectivity index (χ1) is 12.4. The van der Waals surface area contributed by atoms with E-state index >= 15 is 4.39 Å². The lowest BCUT2D eigenvalue weighted by Gasteiger charge is -2.52. The number of nitrogens with zero attached hydrogens (tertiary/aromatic N) is 1. The number of likely N-dealkylation sites (tertiary alicyclic amines) is 1. The van der Waals surface area contributed by atoms with E-state index in [9.17, 15) is 0 Å². The molecule has 26 heavy (non-hydrogen) atoms. The van der Waals surface area contributed by atoms with Gasteiger partial charge in [-0.25, -0.2) is 4.39 Å². The van der Waals surface area contributed by atoms with Gasteiger partial charge < -0.3 is 9.73 Å². The Balaban J connectivity index is 1.66. The van der Waals surface area contributed by atoms with E-state index in [1.807, 2.05) is 13.1 Å². The largest absolute Gasteiger partial charge is 0.472 e. The van der Waals surface area contributed by atoms with Gasteiger partial charge in [0.15, 0.2) is 0 Å². The third kappa shape index (κ3) is 3.72. The van der Waals surface area contributed by atoms with E-state index in [1.54, 1.807) is 12.5 Å². The fourth-order valence-electron chi connectivity index (χ4n) is 4.26. The van der Waals surface area contributed by atoms with E-state index in [1.165, 1.54) is 5.56 Å². The van der Waals surface area contributed by atoms with Crippen molar-refractivity contribution in [2.24, 2.45) is 10.8 Å². The highest BCUT2D eigenvalue weighted by atomic mass is 19.1. The van der Waals surface area contributed by atoms with E-state index in [0.717, 1.165) is 37.2 Å². The molecule has 0 saturated carbocycles. The average molecular weight is 359 g/mol. The average Bonchev–Trinajstić information content (AvgIpc) is 3.12. The van der Waals surface area contributed by atoms with E-state index in [4.69, 9.17) is 4.42 Å². The second kappa shape index (κ2) is 7.53. The van der Waals surface area contributed by atoms with Crippen molar-refractivity contribution in [3.63, 3.8) is 0 Å². The Labute approximate surface area is 156 Å². The molecule has 1 aliphatic rings. The predicted molar refractivity (Wildman–Crippen MR) is 105 cm³/mol. The summed E-state index contributed by atoms with van der Waals surface area (Å²) in [6.45, 7) is 9.46. The minimum Gasteiger partial charge on any atom is -0.472 e. The van der Waals surface area contributed by atoms with Crippen LogP contribution in [0.2, 0.25) is 0 Å². The van der Waals surface area contributed by atoms with Gasteiger partial charge in [-0.3, -0.25) is 4.90 Å². The van der Waals surface area contributed by atoms with Crippen LogP contribution in [0, 0.1) is 10.8 Å². The SMILES string of the molecule is CNCC1(C(C)(C)C)CCN(Cc2ccc(-c3ccoc3)cc2)CC1F. The summed E-state index contributed by atoms with van der Waals surface area (Å²) in [6, 6.07) is 10.4. The molecule has 1 N–H and O–H groups in total. The number of halogens is 1. The molecule has 0 bridgehead atoms. The molecule has 3 rings (SSSR count). The number of hydrogen-bond donors (Lipinski definition) is 1. The van der Waals surface area contributed by atoms with Gasteiger partial charge >= 0.3 is 0 Å². The van der Waals surface area contributed by atoms with Crippen molar-refractivity contribution >= 4 is 0 Å². The highest BCUT2D eigenvalue weighted by molar-refractivity contribution is 5.62. The fourth-order valence-corrected chi connectivity index (χ4v) is 4.26. The van der Waals surface area contributed by atoms with Crippen molar-refractivity contribution < 1.29 is 8.81 Å². The summed E-state index contributed by atoms with van der Waals surface area (Å²) in [5.74, 6) is 0. The minimum absolute atomic E-state index is 0.0617. The van der Waals surface area contributed by atoms with Crippen LogP contribution in [0.3, 0.4) is 0 Å². The van der Waals surface area contributed by atoms with Crippen molar-refractivity contribution in [1.82, 2.24) is 10.2 Å². The lowest BCUT2D eigenvalue weighted by Crippen LogP contribution is -2.58. The highest BCUT2D eigenvalue weighted by Gasteiger charge is 2.50. The predicted octanol–water partition coefficient (Wildman–Crippen LogP) is 4.74. The maximum Gasteiger partial charge on any atom is 0.120 e. The van der Waals surface area contributed by atoms with Gasteiger partial charge in [-0.15, -0.1) is 0 Å². The molecule has 2 heterocycles. The van der Waals surface area contributed by atoms with Crippen LogP contribution < -0.4 is 5.32 Å². The van der Waals surface area contributed by atoms with Crippen molar-refractivity contribution in [2.45, 2.75) is 39.9 Å². The zero-order chi connectivity index (χ0) is 18.8. The molecule has 0 aliphatic carbocycles. The molecule has 2 unspecified atom stereocenters. The summed E-state index contributed by atoms with van der Waals surface area (Å²) in [5.41, 5.74) is 3.09. The summed E-state index contributed by atoms with van der Waals surface area (Å²) in [7, 11) is 1.92. The van der Waals surface area contributed by atoms with Gasteiger partial charge in [0.1, 0.15) is 6.17 Å². The second-order valence-electron chi connectivity index (χ2n) is 8.60. The summed E-state index contributed by atoms with van der Waals surface area (Å²) >= 11 is 0. The first-order valence-corrected chi connectivity index (χ1v) is 9.48. The lowest BCUT2D eigenvalue weighted by atomic mass is 9.60. The summed E-state index contributed by atoms with van der Waals surface area (Å²) in [5, 5.41) is 3.23. The van der Waals surface area contributed by atoms with Crippen LogP contribution in [0.5, 0.6) is 0 Å². The van der Waals surface area contributed by atoms with Gasteiger partial charge in [-0.2, -0.15) is 0 Å². The summed E-state index contributed by atoms with van der Waals surface area (Å²) in [4.78, 5) is 2.25. The number of benzene rings is 1. The molecular formula is C22H31FN2O. The van der Waals surface area contributed by atoms with Gasteiger partial charge in [0.05, 0.1) is 12.5 Å². The lowest BCUT2D eigenvalue weighted by molar-refractivity contribution is -0.0667. The van der Waals surface area contributed by atoms with Gasteiger partial charge in [-0.05, 0) is 42.6 Å². The van der Waals surface area contributed by atoms with Gasteiger partial charge in [-0.1, -0.05) is 45.0 Å². The fraction of sp³-hybridized carbons (Fsp3) is 0.545. The number of nitrogens with one attached hydrogen (secondary N) is 1. The number of hydrogen-bond acceptors (Lipinski definition) is 3. The first-order valence-electron chi connectivity index (χ1n) is 9.48. The smallest absolute Gasteiger partial charge is 0.120 e. The van der Waals surface area contributed by atoms with Crippen molar-refractivity contribution in [3.8, 4) is 11.1 Å². The molecule has 142 valence electrons. The molecule has 1 saturated heterocycles. The van der Waals surface area contributed by atoms with Crippen LogP contribution in [-0.4, -0.2) is 37.8 Å². The summed E-state index contributed by atoms with van der Waals surface area (Å²) < 4.78 is 20.4. The monoisotopic (exact) mass is 358 g/mol. The molecule has 4 heteroatoms. The highest BCUT2D eigenvalue weighted by Crippen LogP contribution is 2.48. The number of piperidine rings is 1. The van der Waals surface area contributed by atoms with E-state index < -0.39 is 6.17 Å². The van der Waals surface area contributed by atoms with Crippen LogP contribution in [0.4, 0.5) is 4.39 Å². The third-order valence-corrected chi connectivity index (χ3v) is 6.09. The van der Waals surface area contributed by atoms with Crippen molar-refractivity contribution in [2.75, 3.05) is 26.7 Å². The van der Waals surface area contributed by atoms with E-state index in [0.29, 0.717) is 6.54 Å². The number of furan rings is 1. The molecule has 1 fully saturated rings. The molecule has 2 atom stereocenters. The van der Waals surface area contributed by atoms with E-state index in [-0.39, 0.29) is 10.8 Å². The van der Waals surface area contributed by atoms with Gasteiger partial charge in [0.2, 0.25) is 0 Å². The van der Waals surface area contributed by atoms with E-state index in [2.05, 4.69) is 55.3 Å². The molecule has 0 spiro atoms. The first kappa shape index (κ1) is 19.1. The zero-order valence-corrected chi connectivity index (χ0v) is 16.4. The Kier molecular flexibility index (Phi) is 5.54. The molecule has 1 aliphatic heterocycles. The maximum absolute atomic E-state index is 15.3. The normalized spacial score (nSPS) is 24.7. The topological polar surface area (TPSA) is 28.4 Å². The summed E-state index contributed by atoms with van der Waals surface area (Å²) in [6.07, 6.45) is 3.49. The van der Waals surface area contributed by atoms with Gasteiger partial charge in [0.25, 0.3) is 0 Å². The Morgan fingerprint density at radius 3 is 2.46 bits per heavy atom. The molecule has 0 amide bonds. The second-order valence-corrected chi connectivity index (χ2v) is 8.60. The standard InChI is InChI=1S/C22H31FN2O/c1-21(2,3)22(16-24-4)10-11-25(14-20(22)23)13-17-5-7-18(8-6-17)19-9-12-26-15-19/h5-9,12,15,20,24H,10-11,13-14,16H2,1-4H3. The Hall–Kier alpha value is -1.65. The van der Waals surface area contributed by atoms with Crippen LogP contribution in [-0.2, 0) is 6.54 Å². The molecule has 2 aromatic rings. The van der Waals surface area contributed by atoms with Crippen molar-refractivity contribution in [3.05, 3.63) is 48.4 Å². The van der Waals surface area contributed by atoms with Crippen LogP contribution in [0.25, 0.3) is 11.1 Å². The molecule has 3 nitrogen and oxygen atoms in total. The van der Waals surface area contributed by atoms with Gasteiger partial charge in [0, 0.05) is 30.6 Å². The van der Waals surface area contributed by atoms with Crippen LogP contribution in [0.1, 0.15) is 32.8 Å². The third-order valence-electron chi connectivity index (χ3n) is 6.09. The number of alkyl halides is 1. The molecule has 0 radical (unpaired) electrons. The van der Waals surface area contributed by atoms with Crippen LogP contribution >= 0.6 is 0 Å². The number of rotatable bonds is 5. The van der Waals surface area contributed by atoms with Crippen molar-refractivity contribution in [1.29, 1.82) is 0 Å². The Bertz CT molecular complexity index is 690. The molecular weight excluding hydrogens is 327 g/mol. The molecule has 1 aromatic carbocycles. The Morgan fingerprint density at radius 2 is 1.92 bits per heavy atom. The van der Waals surface area contributed by atoms with Crippen LogP contribution in [0.15, 0.2) is 47.3 Å². The molecule has 1 aromatic heterocycles. The maximum atomic E-state index is 15.3. The quantitative estimate of drug-likeness (QED) is 0.837. The minimum atomic E-state index is -0.825. The Morgan fingerprint density at radius 1 is 1.19 bits per heavy atom. The zero-order valence-electron chi connectivity index (χ0n) is 16.4.